The molecular formula is C14H19ClN2O2. The summed E-state index contributed by atoms with van der Waals surface area (Å²) in [7, 11) is 1.77. The highest BCUT2D eigenvalue weighted by atomic mass is 35.5. The maximum absolute atomic E-state index is 11.7. The Kier molecular flexibility index (Phi) is 4.64. The van der Waals surface area contributed by atoms with Crippen molar-refractivity contribution in [3.05, 3.63) is 22.5 Å². The number of aryl methyl sites for hydroxylation is 2. The molecule has 0 aromatic carbocycles. The lowest BCUT2D eigenvalue weighted by Gasteiger charge is -2.20. The number of ether oxygens (including phenoxy) is 1. The zero-order chi connectivity index (χ0) is 13.8. The first-order chi connectivity index (χ1) is 9.08. The fourth-order valence-electron chi connectivity index (χ4n) is 2.37. The highest BCUT2D eigenvalue weighted by Gasteiger charge is 2.16. The molecule has 0 aliphatic heterocycles. The molecule has 1 fully saturated rings. The van der Waals surface area contributed by atoms with Crippen LogP contribution in [0.25, 0.3) is 6.08 Å². The predicted octanol–water partition coefficient (Wildman–Crippen LogP) is 3.27. The van der Waals surface area contributed by atoms with Crippen LogP contribution in [0.5, 0.6) is 0 Å². The van der Waals surface area contributed by atoms with Crippen molar-refractivity contribution in [2.75, 3.05) is 0 Å². The van der Waals surface area contributed by atoms with Crippen LogP contribution in [0.15, 0.2) is 6.08 Å². The fourth-order valence-corrected chi connectivity index (χ4v) is 2.61. The molecule has 19 heavy (non-hydrogen) atoms. The maximum Gasteiger partial charge on any atom is 0.331 e. The number of rotatable bonds is 3. The first-order valence-corrected chi connectivity index (χ1v) is 7.03. The van der Waals surface area contributed by atoms with Crippen molar-refractivity contribution in [3.8, 4) is 0 Å². The van der Waals surface area contributed by atoms with Gasteiger partial charge >= 0.3 is 5.97 Å². The summed E-state index contributed by atoms with van der Waals surface area (Å²) < 4.78 is 6.99. The third-order valence-corrected chi connectivity index (χ3v) is 3.87. The van der Waals surface area contributed by atoms with Gasteiger partial charge in [-0.3, -0.25) is 4.68 Å². The molecule has 1 aromatic rings. The Balaban J connectivity index is 1.95. The number of carbonyl (C=O) groups excluding carboxylic acids is 1. The Morgan fingerprint density at radius 1 is 1.42 bits per heavy atom. The van der Waals surface area contributed by atoms with E-state index in [0.717, 1.165) is 36.9 Å². The summed E-state index contributed by atoms with van der Waals surface area (Å²) in [5.41, 5.74) is 1.57. The van der Waals surface area contributed by atoms with Crippen molar-refractivity contribution in [1.29, 1.82) is 0 Å². The lowest BCUT2D eigenvalue weighted by atomic mass is 9.98. The van der Waals surface area contributed by atoms with E-state index >= 15 is 0 Å². The fraction of sp³-hybridized carbons (Fsp3) is 0.571. The molecule has 1 aromatic heterocycles. The monoisotopic (exact) mass is 282 g/mol. The normalized spacial score (nSPS) is 17.0. The number of carbonyl (C=O) groups is 1. The van der Waals surface area contributed by atoms with Gasteiger partial charge in [-0.2, -0.15) is 5.10 Å². The third kappa shape index (κ3) is 3.60. The molecule has 0 atom stereocenters. The Bertz CT molecular complexity index is 488. The van der Waals surface area contributed by atoms with Gasteiger partial charge in [-0.05, 0) is 38.7 Å². The van der Waals surface area contributed by atoms with E-state index in [4.69, 9.17) is 16.3 Å². The smallest absolute Gasteiger partial charge is 0.331 e. The highest BCUT2D eigenvalue weighted by molar-refractivity contribution is 6.31. The van der Waals surface area contributed by atoms with Crippen LogP contribution < -0.4 is 0 Å². The van der Waals surface area contributed by atoms with E-state index in [2.05, 4.69) is 5.10 Å². The second-order valence-electron chi connectivity index (χ2n) is 4.94. The van der Waals surface area contributed by atoms with Crippen LogP contribution in [0.4, 0.5) is 0 Å². The molecule has 2 rings (SSSR count). The zero-order valence-corrected chi connectivity index (χ0v) is 12.1. The van der Waals surface area contributed by atoms with E-state index in [1.807, 2.05) is 6.92 Å². The number of hydrogen-bond acceptors (Lipinski definition) is 3. The molecular weight excluding hydrogens is 264 g/mol. The van der Waals surface area contributed by atoms with E-state index in [0.29, 0.717) is 5.15 Å². The second-order valence-corrected chi connectivity index (χ2v) is 5.30. The number of aromatic nitrogens is 2. The Morgan fingerprint density at radius 2 is 2.11 bits per heavy atom. The Labute approximate surface area is 118 Å². The first kappa shape index (κ1) is 14.1. The number of halogens is 1. The van der Waals surface area contributed by atoms with Crippen molar-refractivity contribution in [2.24, 2.45) is 7.05 Å². The van der Waals surface area contributed by atoms with Gasteiger partial charge in [-0.15, -0.1) is 0 Å². The quantitative estimate of drug-likeness (QED) is 0.631. The van der Waals surface area contributed by atoms with Gasteiger partial charge in [0.25, 0.3) is 0 Å². The summed E-state index contributed by atoms with van der Waals surface area (Å²) in [6.45, 7) is 1.86. The molecule has 1 aliphatic rings. The highest BCUT2D eigenvalue weighted by Crippen LogP contribution is 2.22. The minimum absolute atomic E-state index is 0.0800. The first-order valence-electron chi connectivity index (χ1n) is 6.65. The van der Waals surface area contributed by atoms with Crippen LogP contribution in [-0.2, 0) is 16.6 Å². The summed E-state index contributed by atoms with van der Waals surface area (Å²) in [6.07, 6.45) is 8.69. The molecule has 0 radical (unpaired) electrons. The van der Waals surface area contributed by atoms with E-state index in [9.17, 15) is 4.79 Å². The lowest BCUT2D eigenvalue weighted by molar-refractivity contribution is -0.144. The van der Waals surface area contributed by atoms with Crippen LogP contribution in [0.2, 0.25) is 5.15 Å². The average molecular weight is 283 g/mol. The van der Waals surface area contributed by atoms with Crippen molar-refractivity contribution >= 4 is 23.6 Å². The summed E-state index contributed by atoms with van der Waals surface area (Å²) in [5, 5.41) is 4.71. The summed E-state index contributed by atoms with van der Waals surface area (Å²) in [5.74, 6) is -0.300. The van der Waals surface area contributed by atoms with Crippen LogP contribution in [0.3, 0.4) is 0 Å². The summed E-state index contributed by atoms with van der Waals surface area (Å²) >= 11 is 6.09. The summed E-state index contributed by atoms with van der Waals surface area (Å²) in [6, 6.07) is 0. The van der Waals surface area contributed by atoms with Crippen LogP contribution >= 0.6 is 11.6 Å². The molecule has 4 nitrogen and oxygen atoms in total. The molecule has 0 spiro atoms. The molecule has 0 bridgehead atoms. The number of nitrogens with zero attached hydrogens (tertiary/aromatic N) is 2. The number of esters is 1. The SMILES string of the molecule is Cc1nn(C)c(Cl)c1/C=C/C(=O)OC1CCCCC1. The van der Waals surface area contributed by atoms with E-state index in [1.165, 1.54) is 12.5 Å². The molecule has 0 N–H and O–H groups in total. The molecule has 0 amide bonds. The molecule has 5 heteroatoms. The maximum atomic E-state index is 11.7. The van der Waals surface area contributed by atoms with Gasteiger partial charge in [-0.25, -0.2) is 4.79 Å². The Hall–Kier alpha value is -1.29. The minimum Gasteiger partial charge on any atom is -0.459 e. The molecule has 1 aliphatic carbocycles. The number of hydrogen-bond donors (Lipinski definition) is 0. The molecule has 0 unspecified atom stereocenters. The lowest BCUT2D eigenvalue weighted by Crippen LogP contribution is -2.19. The minimum atomic E-state index is -0.300. The topological polar surface area (TPSA) is 44.1 Å². The van der Waals surface area contributed by atoms with Gasteiger partial charge in [0.1, 0.15) is 11.3 Å². The van der Waals surface area contributed by atoms with Crippen molar-refractivity contribution < 1.29 is 9.53 Å². The largest absolute Gasteiger partial charge is 0.459 e. The average Bonchev–Trinajstić information content (AvgIpc) is 2.62. The zero-order valence-electron chi connectivity index (χ0n) is 11.4. The molecule has 104 valence electrons. The van der Waals surface area contributed by atoms with E-state index in [-0.39, 0.29) is 12.1 Å². The van der Waals surface area contributed by atoms with Crippen LogP contribution in [-0.4, -0.2) is 21.9 Å². The van der Waals surface area contributed by atoms with Gasteiger partial charge in [0, 0.05) is 18.7 Å². The van der Waals surface area contributed by atoms with Crippen molar-refractivity contribution in [3.63, 3.8) is 0 Å². The van der Waals surface area contributed by atoms with Gasteiger partial charge in [0.05, 0.1) is 5.69 Å². The van der Waals surface area contributed by atoms with Crippen molar-refractivity contribution in [2.45, 2.75) is 45.1 Å². The van der Waals surface area contributed by atoms with Crippen molar-refractivity contribution in [1.82, 2.24) is 9.78 Å². The van der Waals surface area contributed by atoms with Gasteiger partial charge in [-0.1, -0.05) is 18.0 Å². The van der Waals surface area contributed by atoms with Gasteiger partial charge in [0.2, 0.25) is 0 Å². The molecule has 0 saturated heterocycles. The molecule has 1 heterocycles. The third-order valence-electron chi connectivity index (χ3n) is 3.42. The van der Waals surface area contributed by atoms with Crippen LogP contribution in [0.1, 0.15) is 43.4 Å². The van der Waals surface area contributed by atoms with E-state index < -0.39 is 0 Å². The van der Waals surface area contributed by atoms with Gasteiger partial charge < -0.3 is 4.74 Å². The van der Waals surface area contributed by atoms with Crippen LogP contribution in [0, 0.1) is 6.92 Å². The Morgan fingerprint density at radius 3 is 2.68 bits per heavy atom. The summed E-state index contributed by atoms with van der Waals surface area (Å²) in [4.78, 5) is 11.7. The van der Waals surface area contributed by atoms with E-state index in [1.54, 1.807) is 17.8 Å². The van der Waals surface area contributed by atoms with Gasteiger partial charge in [0.15, 0.2) is 0 Å². The predicted molar refractivity (Wildman–Crippen MR) is 75.0 cm³/mol. The standard InChI is InChI=1S/C14H19ClN2O2/c1-10-12(14(15)17(2)16-10)8-9-13(18)19-11-6-4-3-5-7-11/h8-9,11H,3-7H2,1-2H3/b9-8+. The second kappa shape index (κ2) is 6.24. The molecule has 1 saturated carbocycles.